The molecule has 0 bridgehead atoms. The van der Waals surface area contributed by atoms with Gasteiger partial charge in [-0.25, -0.2) is 4.31 Å². The minimum Gasteiger partial charge on any atom is -0.395 e. The van der Waals surface area contributed by atoms with Gasteiger partial charge in [-0.1, -0.05) is 37.3 Å². The first kappa shape index (κ1) is 31.0. The molecule has 0 radical (unpaired) electrons. The maximum absolute atomic E-state index is 13.2. The summed E-state index contributed by atoms with van der Waals surface area (Å²) in [5, 5.41) is 23.8. The Morgan fingerprint density at radius 2 is 1.82 bits per heavy atom. The number of halogens is 3. The highest BCUT2D eigenvalue weighted by atomic mass is 32.2. The van der Waals surface area contributed by atoms with Crippen molar-refractivity contribution in [3.05, 3.63) is 34.7 Å². The number of aliphatic hydroxyl groups is 2. The molecule has 2 aliphatic heterocycles. The molecule has 3 aliphatic rings. The van der Waals surface area contributed by atoms with Crippen LogP contribution in [0.2, 0.25) is 0 Å². The number of carbonyl (C=O) groups is 1. The second kappa shape index (κ2) is 14.7. The first-order valence-electron chi connectivity index (χ1n) is 13.0. The van der Waals surface area contributed by atoms with Crippen molar-refractivity contribution in [2.75, 3.05) is 39.4 Å². The molecule has 4 rings (SSSR count). The molecule has 1 aromatic rings. The molecule has 0 atom stereocenters. The van der Waals surface area contributed by atoms with Crippen LogP contribution in [0.4, 0.5) is 13.2 Å². The molecule has 1 spiro atoms. The van der Waals surface area contributed by atoms with Crippen LogP contribution in [0.15, 0.2) is 33.5 Å². The average molecular weight is 575 g/mol. The molecule has 7 nitrogen and oxygen atoms in total. The molecular weight excluding hydrogens is 537 g/mol. The summed E-state index contributed by atoms with van der Waals surface area (Å²) in [6.07, 6.45) is 4.12. The van der Waals surface area contributed by atoms with E-state index in [-0.39, 0.29) is 29.6 Å². The largest absolute Gasteiger partial charge is 0.417 e. The molecule has 4 N–H and O–H groups in total. The normalized spacial score (nSPS) is 20.4. The monoisotopic (exact) mass is 574 g/mol. The van der Waals surface area contributed by atoms with E-state index in [0.717, 1.165) is 24.7 Å². The Hall–Kier alpha value is -1.57. The van der Waals surface area contributed by atoms with Crippen LogP contribution >= 0.6 is 24.6 Å². The Kier molecular flexibility index (Phi) is 12.0. The first-order valence-corrected chi connectivity index (χ1v) is 14.3. The van der Waals surface area contributed by atoms with E-state index in [1.165, 1.54) is 43.4 Å². The number of hydrogen-bond donors (Lipinski definition) is 5. The number of piperidine rings is 1. The van der Waals surface area contributed by atoms with E-state index in [9.17, 15) is 18.0 Å². The van der Waals surface area contributed by atoms with E-state index in [4.69, 9.17) is 15.2 Å². The van der Waals surface area contributed by atoms with E-state index in [1.54, 1.807) is 11.5 Å². The van der Waals surface area contributed by atoms with E-state index < -0.39 is 17.3 Å². The van der Waals surface area contributed by atoms with Gasteiger partial charge in [0.25, 0.3) is 5.91 Å². The second-order valence-corrected chi connectivity index (χ2v) is 11.1. The number of aliphatic imine (C=N–C) groups is 1. The van der Waals surface area contributed by atoms with Crippen LogP contribution in [-0.2, 0) is 11.0 Å². The van der Waals surface area contributed by atoms with Crippen molar-refractivity contribution in [2.24, 2.45) is 10.9 Å². The second-order valence-electron chi connectivity index (χ2n) is 9.62. The van der Waals surface area contributed by atoms with Crippen molar-refractivity contribution in [2.45, 2.75) is 61.6 Å². The summed E-state index contributed by atoms with van der Waals surface area (Å²) >= 11 is 5.39. The van der Waals surface area contributed by atoms with Crippen LogP contribution in [0.3, 0.4) is 0 Å². The average Bonchev–Trinajstić information content (AvgIpc) is 3.22. The number of benzene rings is 1. The van der Waals surface area contributed by atoms with E-state index in [1.807, 2.05) is 0 Å². The van der Waals surface area contributed by atoms with Gasteiger partial charge in [0, 0.05) is 37.0 Å². The predicted octanol–water partition coefficient (Wildman–Crippen LogP) is 4.12. The number of rotatable bonds is 8. The fourth-order valence-electron chi connectivity index (χ4n) is 4.82. The summed E-state index contributed by atoms with van der Waals surface area (Å²) in [5.41, 5.74) is -1.25. The number of nitrogens with zero attached hydrogens (tertiary/aromatic N) is 2. The maximum Gasteiger partial charge on any atom is 0.417 e. The fourth-order valence-corrected chi connectivity index (χ4v) is 5.80. The van der Waals surface area contributed by atoms with Gasteiger partial charge < -0.3 is 20.8 Å². The van der Waals surface area contributed by atoms with E-state index >= 15 is 0 Å². The van der Waals surface area contributed by atoms with Crippen molar-refractivity contribution < 1.29 is 28.2 Å². The number of hydrogen-bond acceptors (Lipinski definition) is 8. The molecule has 1 saturated carbocycles. The van der Waals surface area contributed by atoms with E-state index in [0.29, 0.717) is 44.9 Å². The quantitative estimate of drug-likeness (QED) is 0.182. The lowest BCUT2D eigenvalue weighted by molar-refractivity contribution is -0.137. The molecule has 1 saturated heterocycles. The van der Waals surface area contributed by atoms with Crippen LogP contribution < -0.4 is 10.6 Å². The molecule has 0 aromatic heterocycles. The lowest BCUT2D eigenvalue weighted by Crippen LogP contribution is -2.47. The van der Waals surface area contributed by atoms with E-state index in [2.05, 4.69) is 27.6 Å². The number of nitrogens with one attached hydrogen (secondary N) is 2. The molecule has 2 heterocycles. The maximum atomic E-state index is 13.2. The van der Waals surface area contributed by atoms with Crippen molar-refractivity contribution in [1.29, 1.82) is 0 Å². The number of alkyl halides is 3. The zero-order valence-corrected chi connectivity index (χ0v) is 23.1. The fraction of sp³-hybridized carbons (Fsp3) is 0.615. The molecule has 2 fully saturated rings. The van der Waals surface area contributed by atoms with Crippen LogP contribution in [0.1, 0.15) is 56.1 Å². The minimum absolute atomic E-state index is 0.00919. The number of thiol groups is 1. The van der Waals surface area contributed by atoms with Crippen LogP contribution in [-0.4, -0.2) is 71.2 Å². The number of amides is 1. The Labute approximate surface area is 231 Å². The summed E-state index contributed by atoms with van der Waals surface area (Å²) < 4.78 is 41.8. The zero-order chi connectivity index (χ0) is 27.6. The molecule has 212 valence electrons. The Bertz CT molecular complexity index is 973. The van der Waals surface area contributed by atoms with Crippen LogP contribution in [0.25, 0.3) is 6.08 Å². The third-order valence-corrected chi connectivity index (χ3v) is 8.12. The topological polar surface area (TPSA) is 97.2 Å². The predicted molar refractivity (Wildman–Crippen MR) is 148 cm³/mol. The van der Waals surface area contributed by atoms with Gasteiger partial charge in [0.2, 0.25) is 0 Å². The van der Waals surface area contributed by atoms with Crippen LogP contribution in [0.5, 0.6) is 0 Å². The molecule has 38 heavy (non-hydrogen) atoms. The Morgan fingerprint density at radius 1 is 1.16 bits per heavy atom. The Morgan fingerprint density at radius 3 is 2.42 bits per heavy atom. The van der Waals surface area contributed by atoms with Gasteiger partial charge in [0.1, 0.15) is 11.4 Å². The summed E-state index contributed by atoms with van der Waals surface area (Å²) in [6.45, 7) is 2.73. The van der Waals surface area contributed by atoms with Gasteiger partial charge in [-0.2, -0.15) is 13.2 Å². The third kappa shape index (κ3) is 8.72. The highest BCUT2D eigenvalue weighted by molar-refractivity contribution is 8.00. The third-order valence-electron chi connectivity index (χ3n) is 6.92. The zero-order valence-electron chi connectivity index (χ0n) is 21.3. The SMILES string of the molecule is O=C1NC(C2CCCCC2)=NC12CCN(S/C=C/c1ccc(S)cc1C(F)(F)F)CC2.OCCNCCO. The summed E-state index contributed by atoms with van der Waals surface area (Å²) in [7, 11) is 0. The molecule has 1 aromatic carbocycles. The van der Waals surface area contributed by atoms with Crippen molar-refractivity contribution in [1.82, 2.24) is 14.9 Å². The van der Waals surface area contributed by atoms with Crippen molar-refractivity contribution >= 4 is 42.4 Å². The number of carbonyl (C=O) groups excluding carboxylic acids is 1. The summed E-state index contributed by atoms with van der Waals surface area (Å²) in [5.74, 6) is 1.26. The minimum atomic E-state index is -4.43. The number of amidine groups is 1. The lowest BCUT2D eigenvalue weighted by atomic mass is 9.88. The van der Waals surface area contributed by atoms with Gasteiger partial charge in [-0.3, -0.25) is 9.79 Å². The number of aliphatic hydroxyl groups excluding tert-OH is 2. The molecular formula is C26H37F3N4O3S2. The van der Waals surface area contributed by atoms with Gasteiger partial charge >= 0.3 is 6.18 Å². The lowest BCUT2D eigenvalue weighted by Gasteiger charge is -2.34. The van der Waals surface area contributed by atoms with Crippen molar-refractivity contribution in [3.63, 3.8) is 0 Å². The smallest absolute Gasteiger partial charge is 0.395 e. The van der Waals surface area contributed by atoms with Crippen LogP contribution in [0, 0.1) is 5.92 Å². The van der Waals surface area contributed by atoms with Gasteiger partial charge in [0.15, 0.2) is 0 Å². The van der Waals surface area contributed by atoms with Gasteiger partial charge in [-0.15, -0.1) is 12.6 Å². The highest BCUT2D eigenvalue weighted by Gasteiger charge is 2.46. The highest BCUT2D eigenvalue weighted by Crippen LogP contribution is 2.37. The molecule has 12 heteroatoms. The Balaban J connectivity index is 0.000000505. The first-order chi connectivity index (χ1) is 18.2. The molecule has 1 amide bonds. The van der Waals surface area contributed by atoms with Crippen molar-refractivity contribution in [3.8, 4) is 0 Å². The standard InChI is InChI=1S/C22H26F3N3OS2.C4H11NO2/c23-22(24,25)18-14-17(30)7-6-15(18)8-13-31-28-11-9-21(10-12-28)20(29)26-19(27-21)16-4-2-1-3-5-16;6-3-1-5-2-4-7/h6-8,13-14,16,30H,1-5,9-12H2,(H,26,27,29);5-7H,1-4H2/b13-8+;. The molecule has 0 unspecified atom stereocenters. The van der Waals surface area contributed by atoms with Gasteiger partial charge in [-0.05, 0) is 54.9 Å². The van der Waals surface area contributed by atoms with Gasteiger partial charge in [0.05, 0.1) is 18.8 Å². The molecule has 1 aliphatic carbocycles. The summed E-state index contributed by atoms with van der Waals surface area (Å²) in [6, 6.07) is 4.02. The summed E-state index contributed by atoms with van der Waals surface area (Å²) in [4.78, 5) is 17.8.